The fraction of sp³-hybridized carbons (Fsp3) is 0.870. The number of unbranched alkanes of at least 4 members (excludes halogenated alkanes) is 30. The molecule has 0 aliphatic rings. The van der Waals surface area contributed by atoms with Crippen LogP contribution in [0.15, 0.2) is 24.3 Å². The van der Waals surface area contributed by atoms with Crippen LogP contribution in [-0.2, 0) is 9.59 Å². The Labute approximate surface area is 313 Å². The van der Waals surface area contributed by atoms with E-state index in [-0.39, 0.29) is 11.8 Å². The number of hydrogen-bond donors (Lipinski definition) is 2. The normalized spacial score (nSPS) is 11.6. The summed E-state index contributed by atoms with van der Waals surface area (Å²) in [7, 11) is 0. The summed E-state index contributed by atoms with van der Waals surface area (Å²) >= 11 is 0. The third kappa shape index (κ3) is 42.6. The molecule has 0 bridgehead atoms. The van der Waals surface area contributed by atoms with Crippen molar-refractivity contribution in [2.24, 2.45) is 0 Å². The molecular formula is C46H88N2O2. The van der Waals surface area contributed by atoms with Gasteiger partial charge >= 0.3 is 0 Å². The molecule has 0 saturated heterocycles. The van der Waals surface area contributed by atoms with Gasteiger partial charge in [-0.1, -0.05) is 192 Å². The fourth-order valence-electron chi connectivity index (χ4n) is 6.71. The maximum Gasteiger partial charge on any atom is 0.220 e. The third-order valence-corrected chi connectivity index (χ3v) is 10.1. The van der Waals surface area contributed by atoms with Gasteiger partial charge in [0.15, 0.2) is 0 Å². The lowest BCUT2D eigenvalue weighted by molar-refractivity contribution is -0.123. The van der Waals surface area contributed by atoms with Crippen LogP contribution >= 0.6 is 0 Å². The molecule has 0 fully saturated rings. The van der Waals surface area contributed by atoms with Crippen molar-refractivity contribution in [2.45, 2.75) is 245 Å². The van der Waals surface area contributed by atoms with Crippen molar-refractivity contribution in [1.29, 1.82) is 0 Å². The summed E-state index contributed by atoms with van der Waals surface area (Å²) in [6.45, 7) is 5.63. The summed E-state index contributed by atoms with van der Waals surface area (Å²) < 4.78 is 0. The Morgan fingerprint density at radius 1 is 0.320 bits per heavy atom. The predicted molar refractivity (Wildman–Crippen MR) is 222 cm³/mol. The van der Waals surface area contributed by atoms with Crippen molar-refractivity contribution in [2.75, 3.05) is 13.1 Å². The first-order valence-electron chi connectivity index (χ1n) is 22.5. The van der Waals surface area contributed by atoms with E-state index in [0.717, 1.165) is 25.7 Å². The van der Waals surface area contributed by atoms with Crippen LogP contribution in [0.3, 0.4) is 0 Å². The average molecular weight is 701 g/mol. The molecule has 0 spiro atoms. The summed E-state index contributed by atoms with van der Waals surface area (Å²) in [5.41, 5.74) is 0. The minimum Gasteiger partial charge on any atom is -0.354 e. The molecule has 50 heavy (non-hydrogen) atoms. The molecule has 2 N–H and O–H groups in total. The van der Waals surface area contributed by atoms with Gasteiger partial charge in [0, 0.05) is 25.9 Å². The summed E-state index contributed by atoms with van der Waals surface area (Å²) in [6, 6.07) is 0. The SMILES string of the molecule is CCCCCCCC/C=C/CCCCCCCCCCCC(=O)NCCNC(=O)CCCCCCCCCCC/C=C/CCCCCCCC. The summed E-state index contributed by atoms with van der Waals surface area (Å²) in [4.78, 5) is 24.2. The van der Waals surface area contributed by atoms with E-state index in [1.165, 1.54) is 193 Å². The van der Waals surface area contributed by atoms with Crippen molar-refractivity contribution in [3.63, 3.8) is 0 Å². The van der Waals surface area contributed by atoms with Gasteiger partial charge in [0.05, 0.1) is 0 Å². The largest absolute Gasteiger partial charge is 0.354 e. The summed E-state index contributed by atoms with van der Waals surface area (Å²) in [5, 5.41) is 5.93. The number of amides is 2. The maximum atomic E-state index is 12.1. The average Bonchev–Trinajstić information content (AvgIpc) is 3.12. The number of hydrogen-bond acceptors (Lipinski definition) is 2. The number of carbonyl (C=O) groups is 2. The highest BCUT2D eigenvalue weighted by Crippen LogP contribution is 2.14. The summed E-state index contributed by atoms with van der Waals surface area (Å²) in [5.74, 6) is 0.242. The summed E-state index contributed by atoms with van der Waals surface area (Å²) in [6.07, 6.45) is 55.3. The molecule has 0 radical (unpaired) electrons. The Morgan fingerprint density at radius 2 is 0.540 bits per heavy atom. The van der Waals surface area contributed by atoms with E-state index in [4.69, 9.17) is 0 Å². The number of allylic oxidation sites excluding steroid dienone is 4. The van der Waals surface area contributed by atoms with E-state index in [2.05, 4.69) is 48.8 Å². The van der Waals surface area contributed by atoms with Crippen LogP contribution in [0, 0.1) is 0 Å². The third-order valence-electron chi connectivity index (χ3n) is 10.1. The van der Waals surface area contributed by atoms with E-state index < -0.39 is 0 Å². The van der Waals surface area contributed by atoms with Gasteiger partial charge in [0.1, 0.15) is 0 Å². The van der Waals surface area contributed by atoms with Crippen LogP contribution in [0.2, 0.25) is 0 Å². The molecule has 294 valence electrons. The molecule has 0 atom stereocenters. The van der Waals surface area contributed by atoms with Crippen LogP contribution < -0.4 is 10.6 Å². The Kier molecular flexibility index (Phi) is 42.2. The Hall–Kier alpha value is -1.58. The zero-order valence-corrected chi connectivity index (χ0v) is 34.0. The van der Waals surface area contributed by atoms with Crippen LogP contribution in [0.4, 0.5) is 0 Å². The van der Waals surface area contributed by atoms with Crippen LogP contribution in [0.25, 0.3) is 0 Å². The minimum atomic E-state index is 0.121. The molecule has 2 amide bonds. The Balaban J connectivity index is 3.30. The second kappa shape index (κ2) is 43.6. The van der Waals surface area contributed by atoms with Crippen LogP contribution in [0.1, 0.15) is 245 Å². The molecule has 0 rings (SSSR count). The topological polar surface area (TPSA) is 58.2 Å². The zero-order chi connectivity index (χ0) is 36.3. The monoisotopic (exact) mass is 701 g/mol. The van der Waals surface area contributed by atoms with Crippen molar-refractivity contribution in [3.8, 4) is 0 Å². The standard InChI is InChI=1S/C46H88N2O2/c1-3-5-7-9-11-13-15-17-19-21-23-25-27-29-31-33-35-37-39-41-45(49)47-43-44-48-46(50)42-40-38-36-34-32-30-28-26-24-22-20-18-16-14-12-10-8-6-4-2/h17-20H,3-16,21-44H2,1-2H3,(H,47,49)(H,48,50)/b19-17+,20-18+. The molecule has 0 aromatic heterocycles. The highest BCUT2D eigenvalue weighted by molar-refractivity contribution is 5.77. The first-order valence-corrected chi connectivity index (χ1v) is 22.5. The van der Waals surface area contributed by atoms with Gasteiger partial charge in [0.25, 0.3) is 0 Å². The number of nitrogens with one attached hydrogen (secondary N) is 2. The Morgan fingerprint density at radius 3 is 0.800 bits per heavy atom. The predicted octanol–water partition coefficient (Wildman–Crippen LogP) is 14.4. The molecule has 0 aliphatic carbocycles. The van der Waals surface area contributed by atoms with E-state index in [0.29, 0.717) is 25.9 Å². The van der Waals surface area contributed by atoms with Crippen LogP contribution in [-0.4, -0.2) is 24.9 Å². The van der Waals surface area contributed by atoms with E-state index in [1.54, 1.807) is 0 Å². The quantitative estimate of drug-likeness (QED) is 0.0493. The number of rotatable bonds is 41. The molecule has 0 heterocycles. The molecule has 0 aromatic carbocycles. The zero-order valence-electron chi connectivity index (χ0n) is 34.0. The molecule has 0 saturated carbocycles. The second-order valence-electron chi connectivity index (χ2n) is 15.2. The highest BCUT2D eigenvalue weighted by atomic mass is 16.2. The molecule has 4 heteroatoms. The number of carbonyl (C=O) groups excluding carboxylic acids is 2. The molecule has 0 unspecified atom stereocenters. The first kappa shape index (κ1) is 48.4. The first-order chi connectivity index (χ1) is 24.7. The smallest absolute Gasteiger partial charge is 0.220 e. The Bertz CT molecular complexity index is 684. The van der Waals surface area contributed by atoms with E-state index >= 15 is 0 Å². The van der Waals surface area contributed by atoms with E-state index in [1.807, 2.05) is 0 Å². The lowest BCUT2D eigenvalue weighted by Gasteiger charge is -2.07. The van der Waals surface area contributed by atoms with E-state index in [9.17, 15) is 9.59 Å². The fourth-order valence-corrected chi connectivity index (χ4v) is 6.71. The van der Waals surface area contributed by atoms with Gasteiger partial charge in [0.2, 0.25) is 11.8 Å². The van der Waals surface area contributed by atoms with Crippen molar-refractivity contribution >= 4 is 11.8 Å². The van der Waals surface area contributed by atoms with Gasteiger partial charge in [-0.2, -0.15) is 0 Å². The second-order valence-corrected chi connectivity index (χ2v) is 15.2. The van der Waals surface area contributed by atoms with Gasteiger partial charge < -0.3 is 10.6 Å². The minimum absolute atomic E-state index is 0.121. The van der Waals surface area contributed by atoms with Crippen molar-refractivity contribution in [3.05, 3.63) is 24.3 Å². The van der Waals surface area contributed by atoms with Gasteiger partial charge in [-0.3, -0.25) is 9.59 Å². The highest BCUT2D eigenvalue weighted by Gasteiger charge is 2.03. The molecule has 0 aliphatic heterocycles. The van der Waals surface area contributed by atoms with Gasteiger partial charge in [-0.25, -0.2) is 0 Å². The van der Waals surface area contributed by atoms with Crippen molar-refractivity contribution < 1.29 is 9.59 Å². The maximum absolute atomic E-state index is 12.1. The molecule has 0 aromatic rings. The molecule has 4 nitrogen and oxygen atoms in total. The lowest BCUT2D eigenvalue weighted by atomic mass is 10.1. The lowest BCUT2D eigenvalue weighted by Crippen LogP contribution is -2.34. The van der Waals surface area contributed by atoms with Gasteiger partial charge in [-0.05, 0) is 64.2 Å². The van der Waals surface area contributed by atoms with Gasteiger partial charge in [-0.15, -0.1) is 0 Å². The van der Waals surface area contributed by atoms with Crippen molar-refractivity contribution in [1.82, 2.24) is 10.6 Å². The molecular weight excluding hydrogens is 613 g/mol. The van der Waals surface area contributed by atoms with Crippen LogP contribution in [0.5, 0.6) is 0 Å².